The van der Waals surface area contributed by atoms with Crippen molar-refractivity contribution in [1.29, 1.82) is 0 Å². The lowest BCUT2D eigenvalue weighted by atomic mass is 10.0. The number of aromatic nitrogens is 3. The summed E-state index contributed by atoms with van der Waals surface area (Å²) < 4.78 is 5.47. The van der Waals surface area contributed by atoms with Gasteiger partial charge in [-0.2, -0.15) is 4.98 Å². The highest BCUT2D eigenvalue weighted by Crippen LogP contribution is 2.25. The number of rotatable bonds is 8. The van der Waals surface area contributed by atoms with Crippen molar-refractivity contribution in [1.82, 2.24) is 20.4 Å². The van der Waals surface area contributed by atoms with Gasteiger partial charge in [-0.15, -0.1) is 11.8 Å². The standard InChI is InChI=1S/C25H24N4O2S/c1-17(2)22(25-28-23(29-31-25)19-12-14-26-15-13-19)27-24(30)20-8-10-21(11-9-20)32-16-18-6-4-3-5-7-18/h3-15,17,22H,16H2,1-2H3,(H,27,30). The first-order valence-electron chi connectivity index (χ1n) is 10.4. The first-order valence-corrected chi connectivity index (χ1v) is 11.4. The molecule has 0 saturated carbocycles. The fourth-order valence-electron chi connectivity index (χ4n) is 3.16. The molecule has 0 aliphatic heterocycles. The number of nitrogens with one attached hydrogen (secondary N) is 1. The molecule has 162 valence electrons. The maximum atomic E-state index is 12.9. The molecule has 1 amide bonds. The highest BCUT2D eigenvalue weighted by molar-refractivity contribution is 7.98. The maximum absolute atomic E-state index is 12.9. The third-order valence-corrected chi connectivity index (χ3v) is 6.05. The number of hydrogen-bond donors (Lipinski definition) is 1. The topological polar surface area (TPSA) is 80.9 Å². The van der Waals surface area contributed by atoms with Crippen molar-refractivity contribution in [2.75, 3.05) is 0 Å². The summed E-state index contributed by atoms with van der Waals surface area (Å²) in [4.78, 5) is 22.5. The largest absolute Gasteiger partial charge is 0.340 e. The zero-order valence-corrected chi connectivity index (χ0v) is 18.8. The normalized spacial score (nSPS) is 12.0. The molecule has 2 heterocycles. The van der Waals surface area contributed by atoms with Crippen molar-refractivity contribution in [3.8, 4) is 11.4 Å². The van der Waals surface area contributed by atoms with Crippen LogP contribution >= 0.6 is 11.8 Å². The van der Waals surface area contributed by atoms with Crippen molar-refractivity contribution in [3.05, 3.63) is 96.1 Å². The van der Waals surface area contributed by atoms with E-state index in [-0.39, 0.29) is 11.8 Å². The molecule has 0 fully saturated rings. The molecule has 0 aliphatic rings. The van der Waals surface area contributed by atoms with Crippen LogP contribution in [0.25, 0.3) is 11.4 Å². The molecule has 1 atom stereocenters. The van der Waals surface area contributed by atoms with Gasteiger partial charge < -0.3 is 9.84 Å². The Hall–Kier alpha value is -3.45. The van der Waals surface area contributed by atoms with E-state index in [0.717, 1.165) is 16.2 Å². The van der Waals surface area contributed by atoms with Crippen LogP contribution in [-0.4, -0.2) is 21.0 Å². The number of amides is 1. The number of pyridine rings is 1. The Morgan fingerprint density at radius 2 is 1.72 bits per heavy atom. The SMILES string of the molecule is CC(C)C(NC(=O)c1ccc(SCc2ccccc2)cc1)c1nc(-c2ccncc2)no1. The van der Waals surface area contributed by atoms with Crippen LogP contribution in [-0.2, 0) is 5.75 Å². The molecule has 0 saturated heterocycles. The third kappa shape index (κ3) is 5.42. The summed E-state index contributed by atoms with van der Waals surface area (Å²) in [6.07, 6.45) is 3.35. The van der Waals surface area contributed by atoms with Gasteiger partial charge in [-0.05, 0) is 47.9 Å². The van der Waals surface area contributed by atoms with Crippen LogP contribution in [0.15, 0.2) is 88.5 Å². The zero-order chi connectivity index (χ0) is 22.3. The Morgan fingerprint density at radius 1 is 1.00 bits per heavy atom. The summed E-state index contributed by atoms with van der Waals surface area (Å²) in [6, 6.07) is 21.2. The molecule has 0 radical (unpaired) electrons. The summed E-state index contributed by atoms with van der Waals surface area (Å²) >= 11 is 1.74. The minimum absolute atomic E-state index is 0.0744. The molecule has 4 rings (SSSR count). The molecule has 1 N–H and O–H groups in total. The quantitative estimate of drug-likeness (QED) is 0.359. The van der Waals surface area contributed by atoms with Gasteiger partial charge in [0, 0.05) is 34.2 Å². The molecule has 0 bridgehead atoms. The minimum atomic E-state index is -0.391. The molecule has 2 aromatic carbocycles. The van der Waals surface area contributed by atoms with Crippen molar-refractivity contribution in [3.63, 3.8) is 0 Å². The van der Waals surface area contributed by atoms with Gasteiger partial charge in [0.1, 0.15) is 6.04 Å². The molecular formula is C25H24N4O2S. The highest BCUT2D eigenvalue weighted by atomic mass is 32.2. The fraction of sp³-hybridized carbons (Fsp3) is 0.200. The van der Waals surface area contributed by atoms with Crippen molar-refractivity contribution in [2.24, 2.45) is 5.92 Å². The predicted octanol–water partition coefficient (Wildman–Crippen LogP) is 5.55. The number of thioether (sulfide) groups is 1. The van der Waals surface area contributed by atoms with Crippen LogP contribution in [0.3, 0.4) is 0 Å². The summed E-state index contributed by atoms with van der Waals surface area (Å²) in [5, 5.41) is 7.10. The van der Waals surface area contributed by atoms with Gasteiger partial charge in [-0.25, -0.2) is 0 Å². The van der Waals surface area contributed by atoms with Gasteiger partial charge in [0.05, 0.1) is 0 Å². The Balaban J connectivity index is 1.41. The van der Waals surface area contributed by atoms with E-state index in [1.807, 2.05) is 68.4 Å². The second-order valence-electron chi connectivity index (χ2n) is 7.69. The summed E-state index contributed by atoms with van der Waals surface area (Å²) in [5.74, 6) is 1.65. The average molecular weight is 445 g/mol. The summed E-state index contributed by atoms with van der Waals surface area (Å²) in [5.41, 5.74) is 2.67. The molecule has 2 aromatic heterocycles. The van der Waals surface area contributed by atoms with E-state index in [2.05, 4.69) is 32.6 Å². The molecule has 32 heavy (non-hydrogen) atoms. The Bertz CT molecular complexity index is 1150. The van der Waals surface area contributed by atoms with Gasteiger partial charge in [0.25, 0.3) is 5.91 Å². The molecule has 7 heteroatoms. The lowest BCUT2D eigenvalue weighted by Crippen LogP contribution is -2.32. The highest BCUT2D eigenvalue weighted by Gasteiger charge is 2.25. The minimum Gasteiger partial charge on any atom is -0.340 e. The lowest BCUT2D eigenvalue weighted by Gasteiger charge is -2.18. The van der Waals surface area contributed by atoms with Crippen LogP contribution in [0.5, 0.6) is 0 Å². The van der Waals surface area contributed by atoms with E-state index in [1.165, 1.54) is 5.56 Å². The van der Waals surface area contributed by atoms with Gasteiger partial charge in [-0.3, -0.25) is 9.78 Å². The Labute approximate surface area is 191 Å². The van der Waals surface area contributed by atoms with E-state index in [1.54, 1.807) is 24.2 Å². The Kier molecular flexibility index (Phi) is 6.97. The smallest absolute Gasteiger partial charge is 0.251 e. The van der Waals surface area contributed by atoms with Crippen molar-refractivity contribution >= 4 is 17.7 Å². The van der Waals surface area contributed by atoms with E-state index in [0.29, 0.717) is 17.3 Å². The first-order chi connectivity index (χ1) is 15.6. The van der Waals surface area contributed by atoms with Crippen molar-refractivity contribution in [2.45, 2.75) is 30.5 Å². The number of hydrogen-bond acceptors (Lipinski definition) is 6. The molecule has 0 spiro atoms. The molecule has 0 aliphatic carbocycles. The monoisotopic (exact) mass is 444 g/mol. The second-order valence-corrected chi connectivity index (χ2v) is 8.73. The molecule has 1 unspecified atom stereocenters. The van der Waals surface area contributed by atoms with E-state index in [4.69, 9.17) is 4.52 Å². The second kappa shape index (κ2) is 10.2. The Morgan fingerprint density at radius 3 is 2.41 bits per heavy atom. The van der Waals surface area contributed by atoms with Crippen LogP contribution in [0.4, 0.5) is 0 Å². The van der Waals surface area contributed by atoms with E-state index < -0.39 is 6.04 Å². The van der Waals surface area contributed by atoms with Crippen molar-refractivity contribution < 1.29 is 9.32 Å². The predicted molar refractivity (Wildman–Crippen MR) is 125 cm³/mol. The van der Waals surface area contributed by atoms with Gasteiger partial charge in [-0.1, -0.05) is 49.3 Å². The summed E-state index contributed by atoms with van der Waals surface area (Å²) in [6.45, 7) is 4.01. The molecule has 6 nitrogen and oxygen atoms in total. The number of nitrogens with zero attached hydrogens (tertiary/aromatic N) is 3. The van der Waals surface area contributed by atoms with Crippen LogP contribution in [0.1, 0.15) is 41.7 Å². The van der Waals surface area contributed by atoms with Gasteiger partial charge in [0.2, 0.25) is 11.7 Å². The number of carbonyl (C=O) groups excluding carboxylic acids is 1. The van der Waals surface area contributed by atoms with Crippen LogP contribution in [0, 0.1) is 5.92 Å². The summed E-state index contributed by atoms with van der Waals surface area (Å²) in [7, 11) is 0. The van der Waals surface area contributed by atoms with Gasteiger partial charge in [0.15, 0.2) is 0 Å². The maximum Gasteiger partial charge on any atom is 0.251 e. The number of carbonyl (C=O) groups is 1. The number of benzene rings is 2. The lowest BCUT2D eigenvalue weighted by molar-refractivity contribution is 0.0914. The molecule has 4 aromatic rings. The van der Waals surface area contributed by atoms with Gasteiger partial charge >= 0.3 is 0 Å². The third-order valence-electron chi connectivity index (χ3n) is 4.96. The van der Waals surface area contributed by atoms with Crippen LogP contribution < -0.4 is 5.32 Å². The van der Waals surface area contributed by atoms with E-state index in [9.17, 15) is 4.79 Å². The molecular weight excluding hydrogens is 420 g/mol. The fourth-order valence-corrected chi connectivity index (χ4v) is 4.02. The first kappa shape index (κ1) is 21.8. The average Bonchev–Trinajstić information content (AvgIpc) is 3.32. The van der Waals surface area contributed by atoms with Crippen LogP contribution in [0.2, 0.25) is 0 Å². The van der Waals surface area contributed by atoms with E-state index >= 15 is 0 Å². The zero-order valence-electron chi connectivity index (χ0n) is 17.9.